The third-order valence-electron chi connectivity index (χ3n) is 4.50. The molecule has 0 saturated heterocycles. The summed E-state index contributed by atoms with van der Waals surface area (Å²) < 4.78 is 2.13. The Labute approximate surface area is 147 Å². The van der Waals surface area contributed by atoms with Crippen molar-refractivity contribution < 1.29 is 9.90 Å². The molecule has 1 aliphatic rings. The molecule has 7 nitrogen and oxygen atoms in total. The molecule has 1 aromatic carbocycles. The first-order valence-corrected chi connectivity index (χ1v) is 8.87. The number of urea groups is 1. The quantitative estimate of drug-likeness (QED) is 0.742. The Morgan fingerprint density at radius 2 is 1.88 bits per heavy atom. The summed E-state index contributed by atoms with van der Waals surface area (Å²) in [5, 5.41) is 23.2. The SMILES string of the molecule is O=C(NCCc1ccc(CO)cc1)NCc1nnc2n1CCCCC2. The number of hydrogen-bond acceptors (Lipinski definition) is 4. The van der Waals surface area contributed by atoms with E-state index in [0.29, 0.717) is 13.1 Å². The third-order valence-corrected chi connectivity index (χ3v) is 4.50. The summed E-state index contributed by atoms with van der Waals surface area (Å²) in [6.45, 7) is 1.93. The number of carbonyl (C=O) groups excluding carboxylic acids is 1. The number of aryl methyl sites for hydroxylation is 1. The molecule has 3 N–H and O–H groups in total. The minimum absolute atomic E-state index is 0.0489. The zero-order valence-corrected chi connectivity index (χ0v) is 14.4. The average molecular weight is 343 g/mol. The summed E-state index contributed by atoms with van der Waals surface area (Å²) >= 11 is 0. The second kappa shape index (κ2) is 8.62. The smallest absolute Gasteiger partial charge is 0.315 e. The van der Waals surface area contributed by atoms with Gasteiger partial charge in [0, 0.05) is 19.5 Å². The minimum Gasteiger partial charge on any atom is -0.392 e. The van der Waals surface area contributed by atoms with Crippen molar-refractivity contribution in [1.29, 1.82) is 0 Å². The van der Waals surface area contributed by atoms with Gasteiger partial charge in [-0.15, -0.1) is 10.2 Å². The maximum atomic E-state index is 12.0. The van der Waals surface area contributed by atoms with Gasteiger partial charge in [-0.2, -0.15) is 0 Å². The van der Waals surface area contributed by atoms with Gasteiger partial charge in [0.2, 0.25) is 0 Å². The highest BCUT2D eigenvalue weighted by Crippen LogP contribution is 2.14. The van der Waals surface area contributed by atoms with E-state index in [4.69, 9.17) is 5.11 Å². The third kappa shape index (κ3) is 4.79. The number of hydrogen-bond donors (Lipinski definition) is 3. The Kier molecular flexibility index (Phi) is 6.00. The monoisotopic (exact) mass is 343 g/mol. The van der Waals surface area contributed by atoms with Crippen LogP contribution in [0.3, 0.4) is 0 Å². The number of carbonyl (C=O) groups is 1. The number of nitrogens with one attached hydrogen (secondary N) is 2. The van der Waals surface area contributed by atoms with Crippen LogP contribution < -0.4 is 10.6 Å². The molecule has 0 fully saturated rings. The van der Waals surface area contributed by atoms with Gasteiger partial charge in [0.1, 0.15) is 5.82 Å². The van der Waals surface area contributed by atoms with Crippen LogP contribution in [0, 0.1) is 0 Å². The zero-order valence-electron chi connectivity index (χ0n) is 14.4. The summed E-state index contributed by atoms with van der Waals surface area (Å²) in [5.41, 5.74) is 2.02. The molecular formula is C18H25N5O2. The van der Waals surface area contributed by atoms with Crippen LogP contribution in [0.2, 0.25) is 0 Å². The van der Waals surface area contributed by atoms with E-state index in [2.05, 4.69) is 25.4 Å². The molecule has 1 aromatic heterocycles. The molecule has 2 aromatic rings. The van der Waals surface area contributed by atoms with E-state index in [0.717, 1.165) is 55.0 Å². The molecule has 3 rings (SSSR count). The molecule has 0 saturated carbocycles. The lowest BCUT2D eigenvalue weighted by atomic mass is 10.1. The van der Waals surface area contributed by atoms with E-state index in [1.54, 1.807) is 0 Å². The van der Waals surface area contributed by atoms with Gasteiger partial charge in [0.15, 0.2) is 5.82 Å². The fourth-order valence-corrected chi connectivity index (χ4v) is 3.03. The number of benzene rings is 1. The first-order chi connectivity index (χ1) is 12.3. The standard InChI is InChI=1S/C18H25N5O2/c24-13-15-7-5-14(6-8-15)9-10-19-18(25)20-12-17-22-21-16-4-2-1-3-11-23(16)17/h5-8,24H,1-4,9-13H2,(H2,19,20,25). The van der Waals surface area contributed by atoms with Gasteiger partial charge in [0.25, 0.3) is 0 Å². The van der Waals surface area contributed by atoms with Crippen LogP contribution in [0.1, 0.15) is 42.0 Å². The summed E-state index contributed by atoms with van der Waals surface area (Å²) in [6, 6.07) is 7.53. The largest absolute Gasteiger partial charge is 0.392 e. The minimum atomic E-state index is -0.196. The number of fused-ring (bicyclic) bond motifs is 1. The van der Waals surface area contributed by atoms with E-state index < -0.39 is 0 Å². The van der Waals surface area contributed by atoms with Crippen molar-refractivity contribution in [3.05, 3.63) is 47.0 Å². The molecule has 25 heavy (non-hydrogen) atoms. The topological polar surface area (TPSA) is 92.1 Å². The number of nitrogens with zero attached hydrogens (tertiary/aromatic N) is 3. The fraction of sp³-hybridized carbons (Fsp3) is 0.500. The maximum absolute atomic E-state index is 12.0. The predicted octanol–water partition coefficient (Wildman–Crippen LogP) is 1.54. The highest BCUT2D eigenvalue weighted by atomic mass is 16.3. The molecule has 0 spiro atoms. The maximum Gasteiger partial charge on any atom is 0.315 e. The van der Waals surface area contributed by atoms with Crippen molar-refractivity contribution in [1.82, 2.24) is 25.4 Å². The van der Waals surface area contributed by atoms with Crippen molar-refractivity contribution in [3.63, 3.8) is 0 Å². The number of aliphatic hydroxyl groups is 1. The van der Waals surface area contributed by atoms with Crippen molar-refractivity contribution in [2.75, 3.05) is 6.54 Å². The first-order valence-electron chi connectivity index (χ1n) is 8.87. The van der Waals surface area contributed by atoms with Crippen LogP contribution in [-0.2, 0) is 32.5 Å². The average Bonchev–Trinajstić information content (AvgIpc) is 2.86. The van der Waals surface area contributed by atoms with Crippen LogP contribution in [0.15, 0.2) is 24.3 Å². The van der Waals surface area contributed by atoms with Crippen molar-refractivity contribution in [3.8, 4) is 0 Å². The van der Waals surface area contributed by atoms with Gasteiger partial charge in [-0.1, -0.05) is 30.7 Å². The van der Waals surface area contributed by atoms with Gasteiger partial charge >= 0.3 is 6.03 Å². The second-order valence-electron chi connectivity index (χ2n) is 6.33. The van der Waals surface area contributed by atoms with Crippen LogP contribution in [0.5, 0.6) is 0 Å². The fourth-order valence-electron chi connectivity index (χ4n) is 3.03. The van der Waals surface area contributed by atoms with E-state index in [9.17, 15) is 4.79 Å². The Morgan fingerprint density at radius 3 is 2.68 bits per heavy atom. The predicted molar refractivity (Wildman–Crippen MR) is 93.9 cm³/mol. The van der Waals surface area contributed by atoms with Gasteiger partial charge in [-0.3, -0.25) is 0 Å². The number of aromatic nitrogens is 3. The van der Waals surface area contributed by atoms with Gasteiger partial charge in [-0.05, 0) is 30.4 Å². The van der Waals surface area contributed by atoms with Crippen LogP contribution in [-0.4, -0.2) is 32.4 Å². The molecule has 2 heterocycles. The molecule has 0 aliphatic carbocycles. The summed E-state index contributed by atoms with van der Waals surface area (Å²) in [5.74, 6) is 1.85. The zero-order chi connectivity index (χ0) is 17.5. The van der Waals surface area contributed by atoms with Gasteiger partial charge < -0.3 is 20.3 Å². The van der Waals surface area contributed by atoms with Crippen LogP contribution in [0.4, 0.5) is 4.79 Å². The highest BCUT2D eigenvalue weighted by Gasteiger charge is 2.14. The van der Waals surface area contributed by atoms with Crippen molar-refractivity contribution in [2.24, 2.45) is 0 Å². The summed E-state index contributed by atoms with van der Waals surface area (Å²) in [7, 11) is 0. The lowest BCUT2D eigenvalue weighted by molar-refractivity contribution is 0.240. The number of amides is 2. The Morgan fingerprint density at radius 1 is 1.08 bits per heavy atom. The van der Waals surface area contributed by atoms with Crippen LogP contribution in [0.25, 0.3) is 0 Å². The highest BCUT2D eigenvalue weighted by molar-refractivity contribution is 5.73. The molecule has 0 bridgehead atoms. The van der Waals surface area contributed by atoms with E-state index in [1.807, 2.05) is 24.3 Å². The van der Waals surface area contributed by atoms with E-state index >= 15 is 0 Å². The normalized spacial score (nSPS) is 13.8. The van der Waals surface area contributed by atoms with E-state index in [1.165, 1.54) is 6.42 Å². The second-order valence-corrected chi connectivity index (χ2v) is 6.33. The van der Waals surface area contributed by atoms with E-state index in [-0.39, 0.29) is 12.6 Å². The lowest BCUT2D eigenvalue weighted by Crippen LogP contribution is -2.36. The Balaban J connectivity index is 1.41. The molecule has 1 aliphatic heterocycles. The molecule has 2 amide bonds. The Hall–Kier alpha value is -2.41. The number of rotatable bonds is 6. The van der Waals surface area contributed by atoms with Crippen molar-refractivity contribution in [2.45, 2.75) is 51.8 Å². The molecule has 0 radical (unpaired) electrons. The molecule has 7 heteroatoms. The first kappa shape index (κ1) is 17.4. The number of aliphatic hydroxyl groups excluding tert-OH is 1. The molecule has 0 atom stereocenters. The van der Waals surface area contributed by atoms with Gasteiger partial charge in [-0.25, -0.2) is 4.79 Å². The molecule has 134 valence electrons. The van der Waals surface area contributed by atoms with Gasteiger partial charge in [0.05, 0.1) is 13.2 Å². The summed E-state index contributed by atoms with van der Waals surface area (Å²) in [4.78, 5) is 12.0. The molecular weight excluding hydrogens is 318 g/mol. The van der Waals surface area contributed by atoms with Crippen molar-refractivity contribution >= 4 is 6.03 Å². The lowest BCUT2D eigenvalue weighted by Gasteiger charge is -2.09. The summed E-state index contributed by atoms with van der Waals surface area (Å²) in [6.07, 6.45) is 5.23. The van der Waals surface area contributed by atoms with Crippen LogP contribution >= 0.6 is 0 Å². The molecule has 0 unspecified atom stereocenters. The Bertz CT molecular complexity index is 696.